The van der Waals surface area contributed by atoms with Crippen LogP contribution in [0.4, 0.5) is 0 Å². The second kappa shape index (κ2) is 5.79. The zero-order chi connectivity index (χ0) is 14.8. The molecule has 0 aliphatic rings. The van der Waals surface area contributed by atoms with E-state index < -0.39 is 34.0 Å². The minimum Gasteiger partial charge on any atom is -0.437 e. The van der Waals surface area contributed by atoms with Gasteiger partial charge in [-0.05, 0) is 52.4 Å². The van der Waals surface area contributed by atoms with Crippen molar-refractivity contribution in [3.63, 3.8) is 0 Å². The molecule has 0 saturated heterocycles. The molecule has 0 aromatic carbocycles. The predicted octanol–water partition coefficient (Wildman–Crippen LogP) is 2.11. The van der Waals surface area contributed by atoms with Crippen LogP contribution in [0.1, 0.15) is 0 Å². The summed E-state index contributed by atoms with van der Waals surface area (Å²) in [5, 5.41) is 0. The van der Waals surface area contributed by atoms with Crippen molar-refractivity contribution in [3.05, 3.63) is 0 Å². The monoisotopic (exact) mass is 326 g/mol. The molecule has 0 aliphatic carbocycles. The summed E-state index contributed by atoms with van der Waals surface area (Å²) in [6, 6.07) is 0. The van der Waals surface area contributed by atoms with Crippen molar-refractivity contribution < 1.29 is 21.9 Å². The summed E-state index contributed by atoms with van der Waals surface area (Å²) in [7, 11) is -9.94. The Balaban J connectivity index is 4.85. The quantitative estimate of drug-likeness (QED) is 0.573. The lowest BCUT2D eigenvalue weighted by atomic mass is 11.8. The predicted molar refractivity (Wildman–Crippen MR) is 82.2 cm³/mol. The lowest BCUT2D eigenvalue weighted by Crippen LogP contribution is -2.58. The van der Waals surface area contributed by atoms with Crippen molar-refractivity contribution in [2.45, 2.75) is 52.4 Å². The molecule has 0 saturated carbocycles. The van der Waals surface area contributed by atoms with Crippen molar-refractivity contribution in [2.75, 3.05) is 0 Å². The fraction of sp³-hybridized carbons (Fsp3) is 0.889. The second-order valence-electron chi connectivity index (χ2n) is 6.40. The lowest BCUT2D eigenvalue weighted by molar-refractivity contribution is 0.303. The van der Waals surface area contributed by atoms with E-state index in [0.29, 0.717) is 0 Å². The van der Waals surface area contributed by atoms with Gasteiger partial charge in [-0.1, -0.05) is 0 Å². The highest BCUT2D eigenvalue weighted by Gasteiger charge is 2.45. The fourth-order valence-corrected chi connectivity index (χ4v) is 17.1. The third-order valence-corrected chi connectivity index (χ3v) is 13.7. The van der Waals surface area contributed by atoms with Gasteiger partial charge in [0.1, 0.15) is 0 Å². The molecule has 0 radical (unpaired) electrons. The number of carbonyl (C=O) groups excluding carboxylic acids is 1. The summed E-state index contributed by atoms with van der Waals surface area (Å²) in [5.41, 5.74) is 0. The first-order valence-corrected chi connectivity index (χ1v) is 17.4. The topological polar surface area (TPSA) is 65.0 Å². The van der Waals surface area contributed by atoms with Gasteiger partial charge in [-0.15, -0.1) is 0 Å². The van der Waals surface area contributed by atoms with Gasteiger partial charge in [0, 0.05) is 0 Å². The molecule has 0 spiro atoms. The van der Waals surface area contributed by atoms with Crippen molar-refractivity contribution >= 4 is 39.9 Å². The van der Waals surface area contributed by atoms with Gasteiger partial charge in [-0.3, -0.25) is 0 Å². The first-order chi connectivity index (χ1) is 7.68. The van der Waals surface area contributed by atoms with Gasteiger partial charge in [0.2, 0.25) is 0 Å². The standard InChI is InChI=1S/C9H26O5Si4/c1-15(2,3)12-17(6,7)14-18(8,9-10)13-16(4,5)11/h9,11H,1-8H3. The van der Waals surface area contributed by atoms with Gasteiger partial charge in [0.25, 0.3) is 0 Å². The Morgan fingerprint density at radius 1 is 0.833 bits per heavy atom. The Morgan fingerprint density at radius 3 is 1.56 bits per heavy atom. The Kier molecular flexibility index (Phi) is 5.91. The van der Waals surface area contributed by atoms with E-state index in [1.54, 1.807) is 19.6 Å². The van der Waals surface area contributed by atoms with Crippen LogP contribution in [0.25, 0.3) is 0 Å². The first-order valence-electron chi connectivity index (χ1n) is 5.97. The van der Waals surface area contributed by atoms with Crippen LogP contribution in [0.2, 0.25) is 52.4 Å². The van der Waals surface area contributed by atoms with E-state index in [4.69, 9.17) is 12.3 Å². The van der Waals surface area contributed by atoms with Crippen molar-refractivity contribution in [1.82, 2.24) is 0 Å². The van der Waals surface area contributed by atoms with Crippen LogP contribution < -0.4 is 0 Å². The van der Waals surface area contributed by atoms with Gasteiger partial charge in [0.05, 0.1) is 0 Å². The second-order valence-corrected chi connectivity index (χ2v) is 21.0. The van der Waals surface area contributed by atoms with Gasteiger partial charge in [0.15, 0.2) is 14.2 Å². The maximum Gasteiger partial charge on any atom is 0.385 e. The average molecular weight is 327 g/mol. The molecule has 108 valence electrons. The Hall–Kier alpha value is 0.378. The highest BCUT2D eigenvalue weighted by Crippen LogP contribution is 2.21. The number of rotatable bonds is 7. The first kappa shape index (κ1) is 18.4. The van der Waals surface area contributed by atoms with E-state index in [9.17, 15) is 9.59 Å². The molecule has 0 heterocycles. The maximum atomic E-state index is 11.2. The number of hydrogen-bond acceptors (Lipinski definition) is 5. The zero-order valence-electron chi connectivity index (χ0n) is 12.7. The molecule has 0 aliphatic heterocycles. The summed E-state index contributed by atoms with van der Waals surface area (Å²) in [6.45, 7) is 15.0. The average Bonchev–Trinajstić information content (AvgIpc) is 1.93. The van der Waals surface area contributed by atoms with Crippen LogP contribution in [-0.4, -0.2) is 44.7 Å². The van der Waals surface area contributed by atoms with Crippen molar-refractivity contribution in [1.29, 1.82) is 0 Å². The van der Waals surface area contributed by atoms with Crippen LogP contribution in [0, 0.1) is 0 Å². The number of hydrogen-bond donors (Lipinski definition) is 1. The van der Waals surface area contributed by atoms with E-state index >= 15 is 0 Å². The normalized spacial score (nSPS) is 17.4. The lowest BCUT2D eigenvalue weighted by Gasteiger charge is -2.37. The van der Waals surface area contributed by atoms with Crippen LogP contribution in [0.5, 0.6) is 0 Å². The van der Waals surface area contributed by atoms with E-state index in [0.717, 1.165) is 5.91 Å². The zero-order valence-corrected chi connectivity index (χ0v) is 16.7. The molecule has 5 nitrogen and oxygen atoms in total. The highest BCUT2D eigenvalue weighted by molar-refractivity contribution is 7.00. The molecule has 1 N–H and O–H groups in total. The van der Waals surface area contributed by atoms with Crippen molar-refractivity contribution in [3.8, 4) is 0 Å². The molecular weight excluding hydrogens is 300 g/mol. The molecule has 1 atom stereocenters. The summed E-state index contributed by atoms with van der Waals surface area (Å²) >= 11 is 0. The summed E-state index contributed by atoms with van der Waals surface area (Å²) in [5.74, 6) is 0.723. The largest absolute Gasteiger partial charge is 0.437 e. The van der Waals surface area contributed by atoms with Crippen LogP contribution in [0.15, 0.2) is 0 Å². The minimum atomic E-state index is -3.00. The van der Waals surface area contributed by atoms with E-state index in [1.807, 2.05) is 13.1 Å². The molecule has 0 fully saturated rings. The summed E-state index contributed by atoms with van der Waals surface area (Å²) < 4.78 is 17.5. The Bertz CT molecular complexity index is 296. The molecule has 0 aromatic heterocycles. The third kappa shape index (κ3) is 8.47. The van der Waals surface area contributed by atoms with E-state index in [2.05, 4.69) is 19.6 Å². The fourth-order valence-electron chi connectivity index (χ4n) is 1.81. The molecule has 1 unspecified atom stereocenters. The Labute approximate surface area is 114 Å². The van der Waals surface area contributed by atoms with Crippen LogP contribution in [0.3, 0.4) is 0 Å². The molecule has 0 bridgehead atoms. The molecular formula is C9H26O5Si4. The molecule has 9 heteroatoms. The SMILES string of the molecule is C[Si](C)(C)O[Si](C)(C)O[Si](C)(C=O)O[Si](C)(C)O. The Morgan fingerprint density at radius 2 is 1.28 bits per heavy atom. The number of carbonyl (C=O) groups is 1. The van der Waals surface area contributed by atoms with Crippen molar-refractivity contribution in [2.24, 2.45) is 0 Å². The molecule has 0 rings (SSSR count). The summed E-state index contributed by atoms with van der Waals surface area (Å²) in [6.07, 6.45) is 0. The van der Waals surface area contributed by atoms with E-state index in [1.165, 1.54) is 0 Å². The van der Waals surface area contributed by atoms with Gasteiger partial charge in [-0.25, -0.2) is 0 Å². The summed E-state index contributed by atoms with van der Waals surface area (Å²) in [4.78, 5) is 21.1. The smallest absolute Gasteiger partial charge is 0.385 e. The minimum absolute atomic E-state index is 0.723. The van der Waals surface area contributed by atoms with Crippen LogP contribution in [-0.2, 0) is 17.1 Å². The van der Waals surface area contributed by atoms with E-state index in [-0.39, 0.29) is 0 Å². The van der Waals surface area contributed by atoms with Crippen LogP contribution >= 0.6 is 0 Å². The molecule has 0 amide bonds. The van der Waals surface area contributed by atoms with Gasteiger partial charge in [-0.2, -0.15) is 0 Å². The van der Waals surface area contributed by atoms with Gasteiger partial charge < -0.3 is 21.9 Å². The van der Waals surface area contributed by atoms with Gasteiger partial charge >= 0.3 is 25.7 Å². The highest BCUT2D eigenvalue weighted by atomic mass is 28.5. The third-order valence-electron chi connectivity index (χ3n) is 1.67. The maximum absolute atomic E-state index is 11.2. The molecule has 18 heavy (non-hydrogen) atoms. The molecule has 0 aromatic rings.